The monoisotopic (exact) mass is 325 g/mol. The number of anilines is 1. The van der Waals surface area contributed by atoms with Crippen LogP contribution in [0.4, 0.5) is 5.95 Å². The van der Waals surface area contributed by atoms with Gasteiger partial charge in [-0.3, -0.25) is 15.0 Å². The van der Waals surface area contributed by atoms with Crippen molar-refractivity contribution in [1.29, 1.82) is 0 Å². The van der Waals surface area contributed by atoms with Crippen LogP contribution in [0, 0.1) is 5.92 Å². The van der Waals surface area contributed by atoms with Crippen molar-refractivity contribution in [1.82, 2.24) is 14.9 Å². The number of hydrogen-bond donors (Lipinski definition) is 2. The smallest absolute Gasteiger partial charge is 0.243 e. The zero-order chi connectivity index (χ0) is 16.9. The van der Waals surface area contributed by atoms with Crippen LogP contribution in [0.1, 0.15) is 18.4 Å². The molecule has 3 N–H and O–H groups in total. The van der Waals surface area contributed by atoms with Gasteiger partial charge in [-0.15, -0.1) is 0 Å². The fraction of sp³-hybridized carbons (Fsp3) is 0.389. The zero-order valence-electron chi connectivity index (χ0n) is 13.8. The molecule has 0 aliphatic carbocycles. The van der Waals surface area contributed by atoms with Crippen LogP contribution < -0.4 is 11.1 Å². The van der Waals surface area contributed by atoms with Crippen LogP contribution in [0.25, 0.3) is 0 Å². The lowest BCUT2D eigenvalue weighted by Gasteiger charge is -2.23. The summed E-state index contributed by atoms with van der Waals surface area (Å²) in [6, 6.07) is 11.9. The van der Waals surface area contributed by atoms with Crippen LogP contribution in [0.5, 0.6) is 0 Å². The molecule has 1 aliphatic heterocycles. The van der Waals surface area contributed by atoms with Crippen molar-refractivity contribution in [3.63, 3.8) is 0 Å². The number of aromatic nitrogens is 2. The Morgan fingerprint density at radius 2 is 1.96 bits per heavy atom. The number of carbonyl (C=O) groups excluding carboxylic acids is 1. The zero-order valence-corrected chi connectivity index (χ0v) is 13.8. The van der Waals surface area contributed by atoms with Gasteiger partial charge in [-0.1, -0.05) is 30.3 Å². The summed E-state index contributed by atoms with van der Waals surface area (Å²) in [5.41, 5.74) is 7.26. The molecule has 2 heterocycles. The van der Waals surface area contributed by atoms with E-state index in [0.29, 0.717) is 24.3 Å². The van der Waals surface area contributed by atoms with Crippen molar-refractivity contribution < 1.29 is 4.79 Å². The highest BCUT2D eigenvalue weighted by Crippen LogP contribution is 2.33. The Kier molecular flexibility index (Phi) is 5.17. The summed E-state index contributed by atoms with van der Waals surface area (Å²) in [5, 5.41) is 2.77. The molecule has 1 aliphatic rings. The van der Waals surface area contributed by atoms with E-state index < -0.39 is 0 Å². The summed E-state index contributed by atoms with van der Waals surface area (Å²) < 4.78 is 0. The molecule has 6 heteroatoms. The second-order valence-corrected chi connectivity index (χ2v) is 6.20. The standard InChI is InChI=1S/C18H23N5O/c1-13(17(24)22-18-20-8-5-9-21-18)23-11-15(10-19)16(12-23)14-6-3-2-4-7-14/h2-9,13,15-16H,10-12,19H2,1H3,(H,20,21,22,24)/t13?,15-,16+/m1/s1. The number of benzene rings is 1. The maximum Gasteiger partial charge on any atom is 0.243 e. The van der Waals surface area contributed by atoms with Gasteiger partial charge >= 0.3 is 0 Å². The molecular weight excluding hydrogens is 302 g/mol. The third-order valence-corrected chi connectivity index (χ3v) is 4.73. The predicted octanol–water partition coefficient (Wildman–Crippen LogP) is 1.48. The molecule has 3 rings (SSSR count). The molecule has 1 fully saturated rings. The topological polar surface area (TPSA) is 84.1 Å². The van der Waals surface area contributed by atoms with Crippen LogP contribution in [-0.2, 0) is 4.79 Å². The van der Waals surface area contributed by atoms with E-state index in [-0.39, 0.29) is 11.9 Å². The molecule has 1 unspecified atom stereocenters. The molecule has 1 aromatic carbocycles. The minimum atomic E-state index is -0.253. The second kappa shape index (κ2) is 7.51. The summed E-state index contributed by atoms with van der Waals surface area (Å²) in [5.74, 6) is 0.962. The molecule has 24 heavy (non-hydrogen) atoms. The van der Waals surface area contributed by atoms with E-state index in [0.717, 1.165) is 13.1 Å². The number of rotatable bonds is 5. The van der Waals surface area contributed by atoms with Crippen LogP contribution in [-0.4, -0.2) is 46.5 Å². The normalized spacial score (nSPS) is 22.2. The Hall–Kier alpha value is -2.31. The Labute approximate surface area is 142 Å². The second-order valence-electron chi connectivity index (χ2n) is 6.20. The average Bonchev–Trinajstić information content (AvgIpc) is 3.07. The van der Waals surface area contributed by atoms with E-state index in [1.54, 1.807) is 18.5 Å². The molecule has 1 saturated heterocycles. The van der Waals surface area contributed by atoms with Crippen molar-refractivity contribution in [2.24, 2.45) is 11.7 Å². The Morgan fingerprint density at radius 1 is 1.25 bits per heavy atom. The van der Waals surface area contributed by atoms with E-state index in [1.807, 2.05) is 13.0 Å². The minimum absolute atomic E-state index is 0.0920. The Bertz CT molecular complexity index is 664. The van der Waals surface area contributed by atoms with E-state index in [1.165, 1.54) is 5.56 Å². The molecule has 1 amide bonds. The Morgan fingerprint density at radius 3 is 2.62 bits per heavy atom. The first-order valence-electron chi connectivity index (χ1n) is 8.26. The van der Waals surface area contributed by atoms with Gasteiger partial charge in [-0.25, -0.2) is 9.97 Å². The molecule has 2 aromatic rings. The van der Waals surface area contributed by atoms with Crippen molar-refractivity contribution in [2.75, 3.05) is 25.0 Å². The molecule has 0 spiro atoms. The highest BCUT2D eigenvalue weighted by atomic mass is 16.2. The maximum atomic E-state index is 12.5. The molecule has 6 nitrogen and oxygen atoms in total. The van der Waals surface area contributed by atoms with Crippen LogP contribution in [0.2, 0.25) is 0 Å². The fourth-order valence-electron chi connectivity index (χ4n) is 3.28. The van der Waals surface area contributed by atoms with Gasteiger partial charge in [0.25, 0.3) is 0 Å². The van der Waals surface area contributed by atoms with Gasteiger partial charge in [0.2, 0.25) is 11.9 Å². The van der Waals surface area contributed by atoms with Gasteiger partial charge in [0, 0.05) is 31.4 Å². The lowest BCUT2D eigenvalue weighted by atomic mass is 9.89. The third-order valence-electron chi connectivity index (χ3n) is 4.73. The summed E-state index contributed by atoms with van der Waals surface area (Å²) in [6.07, 6.45) is 3.22. The maximum absolute atomic E-state index is 12.5. The van der Waals surface area contributed by atoms with Crippen molar-refractivity contribution in [2.45, 2.75) is 18.9 Å². The van der Waals surface area contributed by atoms with Gasteiger partial charge in [0.05, 0.1) is 6.04 Å². The van der Waals surface area contributed by atoms with E-state index in [4.69, 9.17) is 5.73 Å². The average molecular weight is 325 g/mol. The lowest BCUT2D eigenvalue weighted by Crippen LogP contribution is -2.41. The first-order valence-corrected chi connectivity index (χ1v) is 8.26. The third kappa shape index (κ3) is 3.60. The molecule has 1 aromatic heterocycles. The summed E-state index contributed by atoms with van der Waals surface area (Å²) in [6.45, 7) is 4.18. The summed E-state index contributed by atoms with van der Waals surface area (Å²) in [4.78, 5) is 22.7. The number of likely N-dealkylation sites (tertiary alicyclic amines) is 1. The molecule has 3 atom stereocenters. The first kappa shape index (κ1) is 16.5. The summed E-state index contributed by atoms with van der Waals surface area (Å²) in [7, 11) is 0. The van der Waals surface area contributed by atoms with Gasteiger partial charge in [-0.2, -0.15) is 0 Å². The van der Waals surface area contributed by atoms with Crippen LogP contribution in [0.15, 0.2) is 48.8 Å². The predicted molar refractivity (Wildman–Crippen MR) is 93.4 cm³/mol. The van der Waals surface area contributed by atoms with E-state index >= 15 is 0 Å². The fourth-order valence-corrected chi connectivity index (χ4v) is 3.28. The lowest BCUT2D eigenvalue weighted by molar-refractivity contribution is -0.120. The first-order chi connectivity index (χ1) is 11.7. The highest BCUT2D eigenvalue weighted by Gasteiger charge is 2.36. The number of amides is 1. The number of nitrogens with two attached hydrogens (primary N) is 1. The van der Waals surface area contributed by atoms with Gasteiger partial charge in [-0.05, 0) is 31.0 Å². The molecule has 0 radical (unpaired) electrons. The number of nitrogens with one attached hydrogen (secondary N) is 1. The largest absolute Gasteiger partial charge is 0.330 e. The van der Waals surface area contributed by atoms with Crippen molar-refractivity contribution in [3.05, 3.63) is 54.4 Å². The Balaban J connectivity index is 1.67. The van der Waals surface area contributed by atoms with Crippen molar-refractivity contribution >= 4 is 11.9 Å². The van der Waals surface area contributed by atoms with Gasteiger partial charge in [0.15, 0.2) is 0 Å². The van der Waals surface area contributed by atoms with Gasteiger partial charge in [0.1, 0.15) is 0 Å². The van der Waals surface area contributed by atoms with Gasteiger partial charge < -0.3 is 5.73 Å². The van der Waals surface area contributed by atoms with E-state index in [2.05, 4.69) is 44.5 Å². The number of carbonyl (C=O) groups is 1. The quantitative estimate of drug-likeness (QED) is 0.870. The minimum Gasteiger partial charge on any atom is -0.330 e. The molecule has 126 valence electrons. The van der Waals surface area contributed by atoms with Crippen molar-refractivity contribution in [3.8, 4) is 0 Å². The number of hydrogen-bond acceptors (Lipinski definition) is 5. The van der Waals surface area contributed by atoms with Crippen LogP contribution in [0.3, 0.4) is 0 Å². The summed E-state index contributed by atoms with van der Waals surface area (Å²) >= 11 is 0. The SMILES string of the molecule is CC(C(=O)Nc1ncccn1)N1C[C@@H](CN)[C@H](c2ccccc2)C1. The molecule has 0 bridgehead atoms. The number of nitrogens with zero attached hydrogens (tertiary/aromatic N) is 3. The van der Waals surface area contributed by atoms with Crippen LogP contribution >= 0.6 is 0 Å². The van der Waals surface area contributed by atoms with E-state index in [9.17, 15) is 4.79 Å². The highest BCUT2D eigenvalue weighted by molar-refractivity contribution is 5.93. The molecular formula is C18H23N5O. The molecule has 0 saturated carbocycles.